The van der Waals surface area contributed by atoms with E-state index in [4.69, 9.17) is 21.1 Å². The zero-order valence-electron chi connectivity index (χ0n) is 10.4. The quantitative estimate of drug-likeness (QED) is 0.906. The number of rotatable bonds is 2. The number of hydrogen-bond donors (Lipinski definition) is 1. The van der Waals surface area contributed by atoms with E-state index in [2.05, 4.69) is 0 Å². The van der Waals surface area contributed by atoms with Gasteiger partial charge in [0.1, 0.15) is 0 Å². The fraction of sp³-hybridized carbons (Fsp3) is 0.500. The van der Waals surface area contributed by atoms with Crippen molar-refractivity contribution in [3.8, 4) is 11.5 Å². The van der Waals surface area contributed by atoms with Crippen molar-refractivity contribution >= 4 is 17.6 Å². The summed E-state index contributed by atoms with van der Waals surface area (Å²) in [5.41, 5.74) is -0.0746. The lowest BCUT2D eigenvalue weighted by Crippen LogP contribution is -2.42. The van der Waals surface area contributed by atoms with Crippen molar-refractivity contribution in [2.45, 2.75) is 31.1 Å². The number of fused-ring (bicyclic) bond motifs is 1. The predicted octanol–water partition coefficient (Wildman–Crippen LogP) is 3.01. The molecule has 1 aromatic rings. The van der Waals surface area contributed by atoms with Gasteiger partial charge in [-0.15, -0.1) is 0 Å². The second kappa shape index (κ2) is 4.60. The zero-order valence-corrected chi connectivity index (χ0v) is 11.2. The van der Waals surface area contributed by atoms with Crippen LogP contribution in [0.25, 0.3) is 0 Å². The highest BCUT2D eigenvalue weighted by atomic mass is 35.5. The van der Waals surface area contributed by atoms with Crippen LogP contribution < -0.4 is 9.47 Å². The molecule has 2 aliphatic rings. The van der Waals surface area contributed by atoms with Crippen LogP contribution in [0.3, 0.4) is 0 Å². The fourth-order valence-corrected chi connectivity index (χ4v) is 2.93. The zero-order chi connectivity index (χ0) is 13.5. The Morgan fingerprint density at radius 2 is 1.95 bits per heavy atom. The van der Waals surface area contributed by atoms with Crippen LogP contribution in [0.5, 0.6) is 11.5 Å². The topological polar surface area (TPSA) is 55.8 Å². The fourth-order valence-electron chi connectivity index (χ4n) is 2.66. The Bertz CT molecular complexity index is 522. The largest absolute Gasteiger partial charge is 0.489 e. The first-order valence-electron chi connectivity index (χ1n) is 6.46. The molecule has 1 aromatic carbocycles. The molecule has 0 atom stereocenters. The van der Waals surface area contributed by atoms with Crippen LogP contribution >= 0.6 is 11.6 Å². The smallest absolute Gasteiger partial charge is 0.314 e. The average Bonchev–Trinajstić information content (AvgIpc) is 2.52. The average molecular weight is 283 g/mol. The molecule has 1 aliphatic heterocycles. The molecular weight excluding hydrogens is 268 g/mol. The van der Waals surface area contributed by atoms with Crippen molar-refractivity contribution in [3.63, 3.8) is 0 Å². The summed E-state index contributed by atoms with van der Waals surface area (Å²) in [6, 6.07) is 3.49. The first-order valence-corrected chi connectivity index (χ1v) is 6.84. The third-order valence-corrected chi connectivity index (χ3v) is 4.25. The van der Waals surface area contributed by atoms with Crippen LogP contribution in [-0.2, 0) is 10.2 Å². The molecule has 1 aliphatic carbocycles. The third-order valence-electron chi connectivity index (χ3n) is 3.97. The minimum Gasteiger partial charge on any atom is -0.489 e. The summed E-state index contributed by atoms with van der Waals surface area (Å²) in [5, 5.41) is 9.90. The number of carboxylic acid groups (broad SMARTS) is 1. The van der Waals surface area contributed by atoms with Crippen LogP contribution in [0.1, 0.15) is 31.2 Å². The van der Waals surface area contributed by atoms with E-state index >= 15 is 0 Å². The number of halogens is 1. The van der Waals surface area contributed by atoms with Crippen LogP contribution in [0.15, 0.2) is 12.1 Å². The first-order chi connectivity index (χ1) is 9.13. The van der Waals surface area contributed by atoms with E-state index in [9.17, 15) is 9.90 Å². The summed E-state index contributed by atoms with van der Waals surface area (Å²) < 4.78 is 11.2. The Balaban J connectivity index is 2.06. The monoisotopic (exact) mass is 282 g/mol. The molecule has 0 aromatic heterocycles. The molecule has 3 rings (SSSR count). The van der Waals surface area contributed by atoms with Gasteiger partial charge in [-0.3, -0.25) is 4.79 Å². The summed E-state index contributed by atoms with van der Waals surface area (Å²) in [7, 11) is 0. The minimum atomic E-state index is -0.797. The number of carbonyl (C=O) groups is 1. The molecule has 0 saturated heterocycles. The van der Waals surface area contributed by atoms with Crippen LogP contribution in [0.2, 0.25) is 5.02 Å². The van der Waals surface area contributed by atoms with E-state index in [1.807, 2.05) is 0 Å². The van der Waals surface area contributed by atoms with Gasteiger partial charge in [0.2, 0.25) is 0 Å². The maximum atomic E-state index is 11.5. The minimum absolute atomic E-state index is 0.432. The molecule has 1 saturated carbocycles. The highest BCUT2D eigenvalue weighted by molar-refractivity contribution is 6.32. The standard InChI is InChI=1S/C14H15ClO4/c15-10-7-9(14(13(16)17)3-1-4-14)8-11-12(10)19-6-2-5-18-11/h7-8H,1-6H2,(H,16,17). The summed E-state index contributed by atoms with van der Waals surface area (Å²) in [4.78, 5) is 11.5. The van der Waals surface area contributed by atoms with Gasteiger partial charge in [0.15, 0.2) is 11.5 Å². The number of carboxylic acids is 1. The summed E-state index contributed by atoms with van der Waals surface area (Å²) in [6.07, 6.45) is 3.03. The van der Waals surface area contributed by atoms with Crippen molar-refractivity contribution in [1.29, 1.82) is 0 Å². The van der Waals surface area contributed by atoms with Gasteiger partial charge < -0.3 is 14.6 Å². The highest BCUT2D eigenvalue weighted by Crippen LogP contribution is 2.48. The second-order valence-electron chi connectivity index (χ2n) is 5.08. The number of aliphatic carboxylic acids is 1. The van der Waals surface area contributed by atoms with Crippen LogP contribution in [0, 0.1) is 0 Å². The van der Waals surface area contributed by atoms with Gasteiger partial charge in [0, 0.05) is 6.42 Å². The molecule has 102 valence electrons. The van der Waals surface area contributed by atoms with Crippen LogP contribution in [-0.4, -0.2) is 24.3 Å². The molecule has 0 spiro atoms. The molecule has 0 amide bonds. The summed E-state index contributed by atoms with van der Waals surface area (Å²) >= 11 is 6.21. The molecule has 0 bridgehead atoms. The van der Waals surface area contributed by atoms with Gasteiger partial charge in [-0.2, -0.15) is 0 Å². The van der Waals surface area contributed by atoms with E-state index in [-0.39, 0.29) is 0 Å². The van der Waals surface area contributed by atoms with Crippen molar-refractivity contribution < 1.29 is 19.4 Å². The van der Waals surface area contributed by atoms with Gasteiger partial charge >= 0.3 is 5.97 Å². The Hall–Kier alpha value is -1.42. The summed E-state index contributed by atoms with van der Waals surface area (Å²) in [5.74, 6) is 0.305. The third kappa shape index (κ3) is 1.94. The second-order valence-corrected chi connectivity index (χ2v) is 5.48. The van der Waals surface area contributed by atoms with Crippen molar-refractivity contribution in [2.24, 2.45) is 0 Å². The maximum absolute atomic E-state index is 11.5. The maximum Gasteiger partial charge on any atom is 0.314 e. The van der Waals surface area contributed by atoms with Gasteiger partial charge in [-0.25, -0.2) is 0 Å². The van der Waals surface area contributed by atoms with Crippen molar-refractivity contribution in [1.82, 2.24) is 0 Å². The first kappa shape index (κ1) is 12.6. The SMILES string of the molecule is O=C(O)C1(c2cc(Cl)c3c(c2)OCCCO3)CCC1. The molecule has 0 unspecified atom stereocenters. The van der Waals surface area contributed by atoms with Gasteiger partial charge in [-0.1, -0.05) is 18.0 Å². The molecule has 1 N–H and O–H groups in total. The number of hydrogen-bond acceptors (Lipinski definition) is 3. The lowest BCUT2D eigenvalue weighted by Gasteiger charge is -2.38. The van der Waals surface area contributed by atoms with E-state index < -0.39 is 11.4 Å². The van der Waals surface area contributed by atoms with Crippen molar-refractivity contribution in [3.05, 3.63) is 22.7 Å². The van der Waals surface area contributed by atoms with Crippen LogP contribution in [0.4, 0.5) is 0 Å². The van der Waals surface area contributed by atoms with E-state index in [1.54, 1.807) is 12.1 Å². The van der Waals surface area contributed by atoms with Gasteiger partial charge in [-0.05, 0) is 30.5 Å². The molecule has 0 radical (unpaired) electrons. The molecule has 19 heavy (non-hydrogen) atoms. The van der Waals surface area contributed by atoms with E-state index in [0.29, 0.717) is 42.6 Å². The van der Waals surface area contributed by atoms with Gasteiger partial charge in [0.05, 0.1) is 23.7 Å². The van der Waals surface area contributed by atoms with E-state index in [1.165, 1.54) is 0 Å². The lowest BCUT2D eigenvalue weighted by atomic mass is 9.64. The molecule has 5 heteroatoms. The summed E-state index contributed by atoms with van der Waals surface area (Å²) in [6.45, 7) is 1.13. The number of benzene rings is 1. The normalized spacial score (nSPS) is 20.3. The molecule has 1 heterocycles. The Kier molecular flexibility index (Phi) is 3.05. The van der Waals surface area contributed by atoms with Gasteiger partial charge in [0.25, 0.3) is 0 Å². The molecular formula is C14H15ClO4. The Morgan fingerprint density at radius 3 is 2.58 bits per heavy atom. The van der Waals surface area contributed by atoms with E-state index in [0.717, 1.165) is 18.4 Å². The molecule has 4 nitrogen and oxygen atoms in total. The Morgan fingerprint density at radius 1 is 1.21 bits per heavy atom. The lowest BCUT2D eigenvalue weighted by molar-refractivity contribution is -0.147. The highest BCUT2D eigenvalue weighted by Gasteiger charge is 2.46. The van der Waals surface area contributed by atoms with Crippen molar-refractivity contribution in [2.75, 3.05) is 13.2 Å². The predicted molar refractivity (Wildman–Crippen MR) is 70.2 cm³/mol. The number of ether oxygens (including phenoxy) is 2. The Labute approximate surface area is 116 Å². The molecule has 1 fully saturated rings.